The zero-order valence-electron chi connectivity index (χ0n) is 10.6. The van der Waals surface area contributed by atoms with Gasteiger partial charge in [-0.1, -0.05) is 0 Å². The molecule has 3 heterocycles. The van der Waals surface area contributed by atoms with Crippen molar-refractivity contribution in [2.75, 3.05) is 25.0 Å². The number of hydrogen-bond acceptors (Lipinski definition) is 5. The van der Waals surface area contributed by atoms with Crippen molar-refractivity contribution in [2.24, 2.45) is 13.0 Å². The molecule has 0 radical (unpaired) electrons. The first-order valence-corrected chi connectivity index (χ1v) is 6.42. The van der Waals surface area contributed by atoms with Gasteiger partial charge in [0.1, 0.15) is 12.1 Å². The number of rotatable bonds is 4. The number of aromatic nitrogens is 4. The van der Waals surface area contributed by atoms with E-state index in [1.165, 1.54) is 12.8 Å². The van der Waals surface area contributed by atoms with Crippen LogP contribution in [0.2, 0.25) is 0 Å². The molecule has 1 saturated heterocycles. The first-order valence-electron chi connectivity index (χ1n) is 6.42. The van der Waals surface area contributed by atoms with E-state index in [1.807, 2.05) is 13.2 Å². The Kier molecular flexibility index (Phi) is 3.10. The fourth-order valence-corrected chi connectivity index (χ4v) is 2.46. The monoisotopic (exact) mass is 246 g/mol. The highest BCUT2D eigenvalue weighted by molar-refractivity contribution is 5.85. The SMILES string of the molecule is Cn1ncc2c(NCCC3CCNC3)ncnc21. The Labute approximate surface area is 106 Å². The van der Waals surface area contributed by atoms with Crippen molar-refractivity contribution < 1.29 is 0 Å². The quantitative estimate of drug-likeness (QED) is 0.834. The minimum absolute atomic E-state index is 0.795. The average Bonchev–Trinajstić information content (AvgIpc) is 3.01. The molecule has 6 heteroatoms. The minimum atomic E-state index is 0.795. The summed E-state index contributed by atoms with van der Waals surface area (Å²) in [6.45, 7) is 3.26. The number of anilines is 1. The topological polar surface area (TPSA) is 67.7 Å². The zero-order valence-corrected chi connectivity index (χ0v) is 10.6. The van der Waals surface area contributed by atoms with E-state index in [0.717, 1.165) is 42.4 Å². The van der Waals surface area contributed by atoms with E-state index < -0.39 is 0 Å². The van der Waals surface area contributed by atoms with Crippen LogP contribution in [0.5, 0.6) is 0 Å². The van der Waals surface area contributed by atoms with Crippen molar-refractivity contribution in [1.29, 1.82) is 0 Å². The molecule has 0 aromatic carbocycles. The van der Waals surface area contributed by atoms with Crippen LogP contribution in [0.15, 0.2) is 12.5 Å². The van der Waals surface area contributed by atoms with Gasteiger partial charge in [-0.15, -0.1) is 0 Å². The van der Waals surface area contributed by atoms with Gasteiger partial charge in [0.2, 0.25) is 0 Å². The Morgan fingerprint density at radius 3 is 3.28 bits per heavy atom. The van der Waals surface area contributed by atoms with Gasteiger partial charge in [-0.3, -0.25) is 4.68 Å². The Balaban J connectivity index is 1.66. The van der Waals surface area contributed by atoms with E-state index in [9.17, 15) is 0 Å². The zero-order chi connectivity index (χ0) is 12.4. The molecule has 0 saturated carbocycles. The van der Waals surface area contributed by atoms with Gasteiger partial charge < -0.3 is 10.6 Å². The molecule has 2 aromatic rings. The summed E-state index contributed by atoms with van der Waals surface area (Å²) in [5, 5.41) is 12.0. The van der Waals surface area contributed by atoms with Gasteiger partial charge in [0.15, 0.2) is 5.65 Å². The summed E-state index contributed by atoms with van der Waals surface area (Å²) in [6.07, 6.45) is 5.87. The molecule has 0 amide bonds. The van der Waals surface area contributed by atoms with E-state index in [1.54, 1.807) is 11.0 Å². The lowest BCUT2D eigenvalue weighted by atomic mass is 10.1. The minimum Gasteiger partial charge on any atom is -0.369 e. The van der Waals surface area contributed by atoms with E-state index in [-0.39, 0.29) is 0 Å². The lowest BCUT2D eigenvalue weighted by Gasteiger charge is -2.10. The molecular weight excluding hydrogens is 228 g/mol. The third kappa shape index (κ3) is 2.15. The second-order valence-electron chi connectivity index (χ2n) is 4.80. The van der Waals surface area contributed by atoms with Crippen molar-refractivity contribution in [3.05, 3.63) is 12.5 Å². The van der Waals surface area contributed by atoms with Gasteiger partial charge in [-0.05, 0) is 31.8 Å². The molecule has 3 rings (SSSR count). The summed E-state index contributed by atoms with van der Waals surface area (Å²) >= 11 is 0. The molecule has 0 bridgehead atoms. The van der Waals surface area contributed by atoms with Gasteiger partial charge >= 0.3 is 0 Å². The fraction of sp³-hybridized carbons (Fsp3) is 0.583. The maximum atomic E-state index is 4.29. The van der Waals surface area contributed by atoms with Crippen LogP contribution < -0.4 is 10.6 Å². The van der Waals surface area contributed by atoms with Gasteiger partial charge in [-0.25, -0.2) is 9.97 Å². The highest BCUT2D eigenvalue weighted by atomic mass is 15.3. The molecule has 1 aliphatic heterocycles. The fourth-order valence-electron chi connectivity index (χ4n) is 2.46. The van der Waals surface area contributed by atoms with E-state index in [0.29, 0.717) is 0 Å². The van der Waals surface area contributed by atoms with Gasteiger partial charge in [0, 0.05) is 13.6 Å². The van der Waals surface area contributed by atoms with Crippen LogP contribution in [0.1, 0.15) is 12.8 Å². The Morgan fingerprint density at radius 1 is 1.50 bits per heavy atom. The largest absolute Gasteiger partial charge is 0.369 e. The maximum Gasteiger partial charge on any atom is 0.163 e. The van der Waals surface area contributed by atoms with Crippen LogP contribution in [0.4, 0.5) is 5.82 Å². The smallest absolute Gasteiger partial charge is 0.163 e. The summed E-state index contributed by atoms with van der Waals surface area (Å²) < 4.78 is 1.77. The molecule has 18 heavy (non-hydrogen) atoms. The molecule has 1 atom stereocenters. The first kappa shape index (κ1) is 11.4. The van der Waals surface area contributed by atoms with Gasteiger partial charge in [0.05, 0.1) is 11.6 Å². The van der Waals surface area contributed by atoms with Crippen molar-refractivity contribution in [3.8, 4) is 0 Å². The molecule has 6 nitrogen and oxygen atoms in total. The number of aryl methyl sites for hydroxylation is 1. The highest BCUT2D eigenvalue weighted by Gasteiger charge is 2.14. The predicted octanol–water partition coefficient (Wildman–Crippen LogP) is 0.775. The molecular formula is C12H18N6. The average molecular weight is 246 g/mol. The number of nitrogens with zero attached hydrogens (tertiary/aromatic N) is 4. The molecule has 1 unspecified atom stereocenters. The van der Waals surface area contributed by atoms with Crippen LogP contribution in [-0.2, 0) is 7.05 Å². The Hall–Kier alpha value is -1.69. The number of fused-ring (bicyclic) bond motifs is 1. The standard InChI is InChI=1S/C12H18N6/c1-18-12-10(7-17-18)11(15-8-16-12)14-5-3-9-2-4-13-6-9/h7-9,13H,2-6H2,1H3,(H,14,15,16). The molecule has 1 fully saturated rings. The normalized spacial score (nSPS) is 19.5. The second-order valence-corrected chi connectivity index (χ2v) is 4.80. The Bertz CT molecular complexity index is 528. The Morgan fingerprint density at radius 2 is 2.44 bits per heavy atom. The molecule has 1 aliphatic rings. The van der Waals surface area contributed by atoms with Crippen molar-refractivity contribution >= 4 is 16.9 Å². The van der Waals surface area contributed by atoms with Crippen molar-refractivity contribution in [3.63, 3.8) is 0 Å². The molecule has 96 valence electrons. The maximum absolute atomic E-state index is 4.29. The van der Waals surface area contributed by atoms with Crippen LogP contribution >= 0.6 is 0 Å². The van der Waals surface area contributed by atoms with Crippen molar-refractivity contribution in [1.82, 2.24) is 25.1 Å². The van der Waals surface area contributed by atoms with Crippen molar-refractivity contribution in [2.45, 2.75) is 12.8 Å². The molecule has 0 spiro atoms. The highest BCUT2D eigenvalue weighted by Crippen LogP contribution is 2.18. The van der Waals surface area contributed by atoms with E-state index in [4.69, 9.17) is 0 Å². The first-order chi connectivity index (χ1) is 8.84. The molecule has 2 aromatic heterocycles. The van der Waals surface area contributed by atoms with Gasteiger partial charge in [0.25, 0.3) is 0 Å². The lowest BCUT2D eigenvalue weighted by Crippen LogP contribution is -2.13. The number of nitrogens with one attached hydrogen (secondary N) is 2. The summed E-state index contributed by atoms with van der Waals surface area (Å²) in [6, 6.07) is 0. The van der Waals surface area contributed by atoms with Crippen LogP contribution in [0.25, 0.3) is 11.0 Å². The third-order valence-electron chi connectivity index (χ3n) is 3.54. The predicted molar refractivity (Wildman–Crippen MR) is 70.4 cm³/mol. The number of hydrogen-bond donors (Lipinski definition) is 2. The second kappa shape index (κ2) is 4.89. The van der Waals surface area contributed by atoms with Crippen LogP contribution in [0, 0.1) is 5.92 Å². The molecule has 0 aliphatic carbocycles. The summed E-state index contributed by atoms with van der Waals surface area (Å²) in [5.41, 5.74) is 0.870. The van der Waals surface area contributed by atoms with Crippen LogP contribution in [-0.4, -0.2) is 39.4 Å². The van der Waals surface area contributed by atoms with Crippen LogP contribution in [0.3, 0.4) is 0 Å². The van der Waals surface area contributed by atoms with E-state index in [2.05, 4.69) is 25.7 Å². The van der Waals surface area contributed by atoms with Gasteiger partial charge in [-0.2, -0.15) is 5.10 Å². The third-order valence-corrected chi connectivity index (χ3v) is 3.54. The summed E-state index contributed by atoms with van der Waals surface area (Å²) in [7, 11) is 1.89. The summed E-state index contributed by atoms with van der Waals surface area (Å²) in [5.74, 6) is 1.68. The van der Waals surface area contributed by atoms with E-state index >= 15 is 0 Å². The molecule has 2 N–H and O–H groups in total. The summed E-state index contributed by atoms with van der Waals surface area (Å²) in [4.78, 5) is 8.52. The lowest BCUT2D eigenvalue weighted by molar-refractivity contribution is 0.549.